The Morgan fingerprint density at radius 3 is 2.24 bits per heavy atom. The molecule has 0 radical (unpaired) electrons. The molecule has 3 aliphatic heterocycles. The molecule has 3 saturated heterocycles. The van der Waals surface area contributed by atoms with Crippen LogP contribution < -0.4 is 33.2 Å². The molecule has 3 heterocycles. The summed E-state index contributed by atoms with van der Waals surface area (Å²) in [6, 6.07) is -6.44. The van der Waals surface area contributed by atoms with E-state index >= 15 is 0 Å². The number of carbonyl (C=O) groups excluding carboxylic acids is 7. The first-order valence-electron chi connectivity index (χ1n) is 16.1. The SMILES string of the molecule is CC(C)C[C@H](C(=O)N1CCN([C@@H](CC(N)=O)C(=O)N[C@@H](CCCN=C(N)N)C(=O)N[C@H]2CCOC2=O)CC1)N1C(=O)N[C@@H](CC(=O)O)C1=O. The molecule has 0 aromatic heterocycles. The highest BCUT2D eigenvalue weighted by molar-refractivity contribution is 6.08. The van der Waals surface area contributed by atoms with Gasteiger partial charge in [0, 0.05) is 39.1 Å². The summed E-state index contributed by atoms with van der Waals surface area (Å²) in [5, 5.41) is 16.7. The van der Waals surface area contributed by atoms with Crippen molar-refractivity contribution in [3.8, 4) is 0 Å². The van der Waals surface area contributed by atoms with Crippen molar-refractivity contribution in [3.05, 3.63) is 0 Å². The van der Waals surface area contributed by atoms with Crippen molar-refractivity contribution in [2.45, 2.75) is 82.6 Å². The second-order valence-corrected chi connectivity index (χ2v) is 12.5. The lowest BCUT2D eigenvalue weighted by Crippen LogP contribution is -2.61. The Bertz CT molecular complexity index is 1330. The van der Waals surface area contributed by atoms with Crippen LogP contribution in [0.2, 0.25) is 0 Å². The van der Waals surface area contributed by atoms with E-state index < -0.39 is 90.6 Å². The van der Waals surface area contributed by atoms with E-state index in [0.29, 0.717) is 6.42 Å². The summed E-state index contributed by atoms with van der Waals surface area (Å²) in [5.41, 5.74) is 16.2. The molecule has 0 aliphatic carbocycles. The maximum Gasteiger partial charge on any atom is 0.328 e. The molecule has 3 rings (SSSR count). The van der Waals surface area contributed by atoms with Gasteiger partial charge in [-0.25, -0.2) is 14.5 Å². The molecule has 0 unspecified atom stereocenters. The number of carboxylic acid groups (broad SMARTS) is 1. The molecule has 10 N–H and O–H groups in total. The van der Waals surface area contributed by atoms with Crippen molar-refractivity contribution in [2.24, 2.45) is 28.1 Å². The van der Waals surface area contributed by atoms with E-state index in [1.807, 2.05) is 13.8 Å². The molecule has 0 aromatic carbocycles. The third-order valence-corrected chi connectivity index (χ3v) is 8.32. The number of primary amides is 1. The van der Waals surface area contributed by atoms with Crippen LogP contribution in [-0.4, -0.2) is 143 Å². The summed E-state index contributed by atoms with van der Waals surface area (Å²) in [6.45, 7) is 4.25. The Balaban J connectivity index is 1.72. The average molecular weight is 695 g/mol. The molecule has 3 aliphatic rings. The zero-order valence-electron chi connectivity index (χ0n) is 27.6. The minimum Gasteiger partial charge on any atom is -0.481 e. The van der Waals surface area contributed by atoms with Gasteiger partial charge in [0.1, 0.15) is 24.2 Å². The summed E-state index contributed by atoms with van der Waals surface area (Å²) in [7, 11) is 0. The number of cyclic esters (lactones) is 1. The summed E-state index contributed by atoms with van der Waals surface area (Å²) >= 11 is 0. The van der Waals surface area contributed by atoms with Gasteiger partial charge >= 0.3 is 18.0 Å². The van der Waals surface area contributed by atoms with Crippen molar-refractivity contribution in [2.75, 3.05) is 39.3 Å². The van der Waals surface area contributed by atoms with E-state index in [9.17, 15) is 38.4 Å². The van der Waals surface area contributed by atoms with Crippen molar-refractivity contribution in [1.29, 1.82) is 0 Å². The molecule has 0 spiro atoms. The van der Waals surface area contributed by atoms with Crippen LogP contribution in [0.5, 0.6) is 0 Å². The predicted molar refractivity (Wildman–Crippen MR) is 170 cm³/mol. The number of guanidine groups is 1. The number of piperazine rings is 1. The normalized spacial score (nSPS) is 21.4. The number of nitrogens with two attached hydrogens (primary N) is 3. The number of aliphatic imine (C=N–C) groups is 1. The summed E-state index contributed by atoms with van der Waals surface area (Å²) in [5.74, 6) is -5.57. The molecule has 0 saturated carbocycles. The first kappa shape index (κ1) is 38.4. The van der Waals surface area contributed by atoms with Gasteiger partial charge in [0.05, 0.1) is 25.5 Å². The van der Waals surface area contributed by atoms with Crippen LogP contribution in [0, 0.1) is 5.92 Å². The van der Waals surface area contributed by atoms with Crippen LogP contribution in [-0.2, 0) is 38.3 Å². The fourth-order valence-corrected chi connectivity index (χ4v) is 5.90. The lowest BCUT2D eigenvalue weighted by molar-refractivity contribution is -0.146. The number of esters is 1. The number of aliphatic carboxylic acids is 1. The fraction of sp³-hybridized carbons (Fsp3) is 0.690. The molecule has 49 heavy (non-hydrogen) atoms. The van der Waals surface area contributed by atoms with E-state index in [1.165, 1.54) is 4.90 Å². The van der Waals surface area contributed by atoms with E-state index in [2.05, 4.69) is 20.9 Å². The van der Waals surface area contributed by atoms with Gasteiger partial charge in [-0.2, -0.15) is 0 Å². The van der Waals surface area contributed by atoms with Crippen LogP contribution in [0.15, 0.2) is 4.99 Å². The summed E-state index contributed by atoms with van der Waals surface area (Å²) in [4.78, 5) is 109. The second-order valence-electron chi connectivity index (χ2n) is 12.5. The fourth-order valence-electron chi connectivity index (χ4n) is 5.90. The first-order chi connectivity index (χ1) is 23.1. The van der Waals surface area contributed by atoms with Gasteiger partial charge in [0.25, 0.3) is 5.91 Å². The van der Waals surface area contributed by atoms with E-state index in [0.717, 1.165) is 4.90 Å². The van der Waals surface area contributed by atoms with Gasteiger partial charge in [-0.05, 0) is 25.2 Å². The Hall–Kier alpha value is -5.01. The van der Waals surface area contributed by atoms with Crippen LogP contribution in [0.4, 0.5) is 4.79 Å². The Morgan fingerprint density at radius 1 is 1.02 bits per heavy atom. The average Bonchev–Trinajstić information content (AvgIpc) is 3.55. The highest BCUT2D eigenvalue weighted by Crippen LogP contribution is 2.22. The molecule has 5 atom stereocenters. The number of carboxylic acids is 1. The number of ether oxygens (including phenoxy) is 1. The number of hydrogen-bond donors (Lipinski definition) is 7. The number of hydrogen-bond acceptors (Lipinski definition) is 11. The molecule has 0 bridgehead atoms. The lowest BCUT2D eigenvalue weighted by atomic mass is 10.00. The number of nitrogens with one attached hydrogen (secondary N) is 3. The van der Waals surface area contributed by atoms with Crippen molar-refractivity contribution in [1.82, 2.24) is 30.7 Å². The molecular formula is C29H46N10O10. The Morgan fingerprint density at radius 2 is 1.69 bits per heavy atom. The zero-order valence-corrected chi connectivity index (χ0v) is 27.6. The summed E-state index contributed by atoms with van der Waals surface area (Å²) < 4.78 is 4.90. The van der Waals surface area contributed by atoms with Gasteiger partial charge in [-0.3, -0.25) is 38.7 Å². The maximum atomic E-state index is 13.7. The molecule has 272 valence electrons. The van der Waals surface area contributed by atoms with E-state index in [1.54, 1.807) is 4.90 Å². The van der Waals surface area contributed by atoms with Gasteiger partial charge in [0.2, 0.25) is 23.6 Å². The second kappa shape index (κ2) is 17.4. The molecule has 0 aromatic rings. The van der Waals surface area contributed by atoms with Crippen molar-refractivity contribution < 1.29 is 48.2 Å². The van der Waals surface area contributed by atoms with Gasteiger partial charge in [0.15, 0.2) is 5.96 Å². The molecule has 7 amide bonds. The first-order valence-corrected chi connectivity index (χ1v) is 16.1. The topological polar surface area (TPSA) is 302 Å². The maximum absolute atomic E-state index is 13.7. The minimum atomic E-state index is -1.29. The largest absolute Gasteiger partial charge is 0.481 e. The number of carbonyl (C=O) groups is 8. The van der Waals surface area contributed by atoms with E-state index in [4.69, 9.17) is 27.0 Å². The van der Waals surface area contributed by atoms with Crippen LogP contribution in [0.1, 0.15) is 52.4 Å². The highest BCUT2D eigenvalue weighted by atomic mass is 16.5. The monoisotopic (exact) mass is 694 g/mol. The van der Waals surface area contributed by atoms with Gasteiger partial charge in [-0.15, -0.1) is 0 Å². The Labute approximate surface area is 282 Å². The number of rotatable bonds is 17. The zero-order chi connectivity index (χ0) is 36.4. The smallest absolute Gasteiger partial charge is 0.328 e. The summed E-state index contributed by atoms with van der Waals surface area (Å²) in [6.07, 6.45) is -0.244. The molecule has 20 nitrogen and oxygen atoms in total. The molecular weight excluding hydrogens is 648 g/mol. The van der Waals surface area contributed by atoms with Crippen molar-refractivity contribution >= 4 is 53.5 Å². The van der Waals surface area contributed by atoms with Crippen molar-refractivity contribution in [3.63, 3.8) is 0 Å². The third-order valence-electron chi connectivity index (χ3n) is 8.32. The number of nitrogens with zero attached hydrogens (tertiary/aromatic N) is 4. The molecule has 3 fully saturated rings. The highest BCUT2D eigenvalue weighted by Gasteiger charge is 2.47. The Kier molecular flexibility index (Phi) is 13.7. The lowest BCUT2D eigenvalue weighted by Gasteiger charge is -2.40. The van der Waals surface area contributed by atoms with Crippen LogP contribution in [0.25, 0.3) is 0 Å². The van der Waals surface area contributed by atoms with Gasteiger partial charge in [-0.1, -0.05) is 13.8 Å². The predicted octanol–water partition coefficient (Wildman–Crippen LogP) is -3.85. The minimum absolute atomic E-state index is 0.0599. The van der Waals surface area contributed by atoms with E-state index in [-0.39, 0.29) is 70.5 Å². The van der Waals surface area contributed by atoms with Crippen LogP contribution >= 0.6 is 0 Å². The quantitative estimate of drug-likeness (QED) is 0.0253. The number of urea groups is 1. The molecule has 20 heteroatoms. The standard InChI is InChI=1S/C29H46N10O10/c1-15(2)12-20(39-25(45)18(13-22(41)42)36-29(39)48)26(46)38-9-7-37(8-10-38)19(14-21(30)40)24(44)34-16(4-3-6-33-28(31)32)23(43)35-17-5-11-49-27(17)47/h15-20H,3-14H2,1-2H3,(H2,30,40)(H,34,44)(H,35,43)(H,36,48)(H,41,42)(H4,31,32,33)/t16-,17-,18-,19-,20+/m0/s1. The number of imide groups is 1. The van der Waals surface area contributed by atoms with Gasteiger partial charge < -0.3 is 47.9 Å². The number of amides is 7. The third kappa shape index (κ3) is 10.7. The van der Waals surface area contributed by atoms with Crippen LogP contribution in [0.3, 0.4) is 0 Å².